The van der Waals surface area contributed by atoms with Gasteiger partial charge in [-0.2, -0.15) is 0 Å². The first-order chi connectivity index (χ1) is 27.6. The van der Waals surface area contributed by atoms with E-state index in [0.29, 0.717) is 17.8 Å². The predicted molar refractivity (Wildman–Crippen MR) is 254 cm³/mol. The molecule has 0 saturated heterocycles. The number of nitrogens with zero attached hydrogens (tertiary/aromatic N) is 2. The second-order valence-electron chi connectivity index (χ2n) is 20.5. The first kappa shape index (κ1) is 37.7. The topological polar surface area (TPSA) is 6.48 Å². The Morgan fingerprint density at radius 1 is 0.759 bits per heavy atom. The summed E-state index contributed by atoms with van der Waals surface area (Å²) >= 11 is 2.02. The van der Waals surface area contributed by atoms with Crippen LogP contribution in [0.1, 0.15) is 123 Å². The van der Waals surface area contributed by atoms with Crippen LogP contribution in [-0.2, 0) is 16.2 Å². The van der Waals surface area contributed by atoms with Crippen LogP contribution in [0.4, 0.5) is 28.4 Å². The average Bonchev–Trinajstić information content (AvgIpc) is 3.58. The lowest BCUT2D eigenvalue weighted by molar-refractivity contribution is 0.332. The number of rotatable bonds is 4. The first-order valence-electron chi connectivity index (χ1n) is 22.0. The van der Waals surface area contributed by atoms with Crippen LogP contribution < -0.4 is 25.5 Å². The fraction of sp³-hybridized carbons (Fsp3) is 0.370. The van der Waals surface area contributed by atoms with Gasteiger partial charge in [0, 0.05) is 49.2 Å². The van der Waals surface area contributed by atoms with E-state index in [9.17, 15) is 0 Å². The first-order valence-corrected chi connectivity index (χ1v) is 22.8. The third-order valence-corrected chi connectivity index (χ3v) is 15.6. The van der Waals surface area contributed by atoms with E-state index in [1.165, 1.54) is 101 Å². The van der Waals surface area contributed by atoms with Gasteiger partial charge in [-0.05, 0) is 135 Å². The maximum atomic E-state index is 2.72. The summed E-state index contributed by atoms with van der Waals surface area (Å²) in [5, 5.41) is 1.37. The van der Waals surface area contributed by atoms with E-state index in [4.69, 9.17) is 0 Å². The van der Waals surface area contributed by atoms with E-state index in [2.05, 4.69) is 188 Å². The summed E-state index contributed by atoms with van der Waals surface area (Å²) in [7, 11) is 0. The van der Waals surface area contributed by atoms with Gasteiger partial charge in [-0.25, -0.2) is 0 Å². The molecule has 5 aromatic rings. The number of benzene rings is 4. The standard InChI is InChI=1S/C54H59BN2S/c1-33(2)35-22-25-37(26-23-35)56-45-20-15-21-46-49(45)55(51-50(56)40-30-36(52(4,5)6)24-27-48(40)58-51)43-31-41-42(54(9,10)29-28-53(41,7)8)32-47(43)57(46)44-19-14-13-18-39(44)38-17-12-11-16-34(38)3/h11-12,15-27,30-34,38H,13-14,28-29H2,1-10H3. The van der Waals surface area contributed by atoms with E-state index in [1.807, 2.05) is 11.3 Å². The SMILES string of the molecule is CC(C)c1ccc(N2c3cccc4c3B(c3cc5c(cc3N4C3=CCCC=C3C3C=CC=CC3C)C(C)(C)CCC5(C)C)c3sc4ccc(C(C)(C)C)cc4c32)cc1. The van der Waals surface area contributed by atoms with Crippen LogP contribution in [0.2, 0.25) is 0 Å². The molecule has 0 spiro atoms. The summed E-state index contributed by atoms with van der Waals surface area (Å²) in [5.41, 5.74) is 18.4. The Morgan fingerprint density at radius 3 is 2.12 bits per heavy atom. The smallest absolute Gasteiger partial charge is 0.264 e. The zero-order valence-corrected chi connectivity index (χ0v) is 37.1. The zero-order valence-electron chi connectivity index (χ0n) is 36.3. The summed E-state index contributed by atoms with van der Waals surface area (Å²) in [6.07, 6.45) is 19.0. The lowest BCUT2D eigenvalue weighted by Gasteiger charge is -2.48. The molecular weight excluding hydrogens is 719 g/mol. The third kappa shape index (κ3) is 5.71. The normalized spacial score (nSPS) is 21.4. The minimum absolute atomic E-state index is 0.0433. The van der Waals surface area contributed by atoms with Crippen molar-refractivity contribution in [2.24, 2.45) is 11.8 Å². The lowest BCUT2D eigenvalue weighted by Crippen LogP contribution is -2.61. The molecule has 3 aliphatic carbocycles. The summed E-state index contributed by atoms with van der Waals surface area (Å²) in [5.74, 6) is 1.25. The number of hydrogen-bond donors (Lipinski definition) is 0. The zero-order chi connectivity index (χ0) is 40.5. The van der Waals surface area contributed by atoms with Crippen molar-refractivity contribution in [3.8, 4) is 0 Å². The van der Waals surface area contributed by atoms with Gasteiger partial charge >= 0.3 is 0 Å². The summed E-state index contributed by atoms with van der Waals surface area (Å²) in [6.45, 7) is 24.1. The Balaban J connectivity index is 1.30. The number of fused-ring (bicyclic) bond motifs is 7. The summed E-state index contributed by atoms with van der Waals surface area (Å²) < 4.78 is 2.83. The molecule has 294 valence electrons. The minimum atomic E-state index is 0.0433. The van der Waals surface area contributed by atoms with Crippen molar-refractivity contribution in [3.63, 3.8) is 0 Å². The fourth-order valence-electron chi connectivity index (χ4n) is 10.8. The van der Waals surface area contributed by atoms with Crippen molar-refractivity contribution >= 4 is 72.3 Å². The molecule has 1 aromatic heterocycles. The molecule has 58 heavy (non-hydrogen) atoms. The van der Waals surface area contributed by atoms with Crippen LogP contribution in [0.5, 0.6) is 0 Å². The molecule has 2 aliphatic heterocycles. The summed E-state index contributed by atoms with van der Waals surface area (Å²) in [6, 6.07) is 29.3. The molecule has 10 rings (SSSR count). The molecule has 5 aliphatic rings. The lowest BCUT2D eigenvalue weighted by atomic mass is 9.35. The molecular formula is C54H59BN2S. The highest BCUT2D eigenvalue weighted by Gasteiger charge is 2.48. The van der Waals surface area contributed by atoms with Crippen molar-refractivity contribution in [2.45, 2.75) is 117 Å². The van der Waals surface area contributed by atoms with Crippen LogP contribution in [-0.4, -0.2) is 6.71 Å². The minimum Gasteiger partial charge on any atom is -0.311 e. The number of anilines is 5. The van der Waals surface area contributed by atoms with E-state index in [-0.39, 0.29) is 23.0 Å². The highest BCUT2D eigenvalue weighted by molar-refractivity contribution is 7.33. The highest BCUT2D eigenvalue weighted by atomic mass is 32.1. The van der Waals surface area contributed by atoms with Crippen molar-refractivity contribution in [1.82, 2.24) is 0 Å². The van der Waals surface area contributed by atoms with Gasteiger partial charge in [-0.1, -0.05) is 136 Å². The quantitative estimate of drug-likeness (QED) is 0.165. The van der Waals surface area contributed by atoms with E-state index in [0.717, 1.165) is 12.8 Å². The van der Waals surface area contributed by atoms with Gasteiger partial charge < -0.3 is 9.80 Å². The molecule has 0 N–H and O–H groups in total. The fourth-order valence-corrected chi connectivity index (χ4v) is 12.1. The second-order valence-corrected chi connectivity index (χ2v) is 21.6. The van der Waals surface area contributed by atoms with Gasteiger partial charge in [0.05, 0.1) is 5.69 Å². The Kier molecular flexibility index (Phi) is 8.61. The molecule has 0 fully saturated rings. The summed E-state index contributed by atoms with van der Waals surface area (Å²) in [4.78, 5) is 5.36. The van der Waals surface area contributed by atoms with Crippen LogP contribution in [0.3, 0.4) is 0 Å². The Morgan fingerprint density at radius 2 is 1.43 bits per heavy atom. The van der Waals surface area contributed by atoms with Gasteiger partial charge in [0.1, 0.15) is 0 Å². The molecule has 0 bridgehead atoms. The number of hydrogen-bond acceptors (Lipinski definition) is 3. The predicted octanol–water partition coefficient (Wildman–Crippen LogP) is 13.4. The van der Waals surface area contributed by atoms with Gasteiger partial charge in [-0.3, -0.25) is 0 Å². The maximum absolute atomic E-state index is 2.72. The van der Waals surface area contributed by atoms with Crippen LogP contribution in [0.25, 0.3) is 10.1 Å². The maximum Gasteiger partial charge on any atom is 0.264 e. The van der Waals surface area contributed by atoms with Gasteiger partial charge in [0.2, 0.25) is 0 Å². The van der Waals surface area contributed by atoms with Crippen molar-refractivity contribution in [1.29, 1.82) is 0 Å². The van der Waals surface area contributed by atoms with E-state index in [1.54, 1.807) is 0 Å². The van der Waals surface area contributed by atoms with Crippen molar-refractivity contribution in [3.05, 3.63) is 143 Å². The van der Waals surface area contributed by atoms with Gasteiger partial charge in [-0.15, -0.1) is 11.3 Å². The molecule has 3 heterocycles. The molecule has 0 saturated carbocycles. The molecule has 2 unspecified atom stereocenters. The van der Waals surface area contributed by atoms with Gasteiger partial charge in [0.15, 0.2) is 0 Å². The van der Waals surface area contributed by atoms with Crippen LogP contribution in [0.15, 0.2) is 121 Å². The second kappa shape index (κ2) is 13.2. The molecule has 0 amide bonds. The van der Waals surface area contributed by atoms with Crippen LogP contribution in [0, 0.1) is 11.8 Å². The Bertz CT molecular complexity index is 2620. The molecule has 0 radical (unpaired) electrons. The van der Waals surface area contributed by atoms with Gasteiger partial charge in [0.25, 0.3) is 6.71 Å². The van der Waals surface area contributed by atoms with Crippen LogP contribution >= 0.6 is 11.3 Å². The number of allylic oxidation sites excluding steroid dienone is 7. The third-order valence-electron chi connectivity index (χ3n) is 14.4. The number of thiophene rings is 1. The average molecular weight is 779 g/mol. The van der Waals surface area contributed by atoms with E-state index >= 15 is 0 Å². The Labute approximate surface area is 352 Å². The van der Waals surface area contributed by atoms with Crippen molar-refractivity contribution < 1.29 is 0 Å². The molecule has 4 heteroatoms. The monoisotopic (exact) mass is 778 g/mol. The largest absolute Gasteiger partial charge is 0.311 e. The molecule has 2 nitrogen and oxygen atoms in total. The highest BCUT2D eigenvalue weighted by Crippen LogP contribution is 2.52. The Hall–Kier alpha value is -4.54. The molecule has 4 aromatic carbocycles. The molecule has 2 atom stereocenters. The van der Waals surface area contributed by atoms with E-state index < -0.39 is 0 Å². The van der Waals surface area contributed by atoms with Crippen molar-refractivity contribution in [2.75, 3.05) is 9.80 Å².